The van der Waals surface area contributed by atoms with Crippen molar-refractivity contribution in [3.8, 4) is 11.5 Å². The number of hydrogen-bond acceptors (Lipinski definition) is 4. The molecular formula is C23H26ClFN2O4. The number of amides is 2. The minimum absolute atomic E-state index is 0.0756. The van der Waals surface area contributed by atoms with Crippen LogP contribution < -0.4 is 20.1 Å². The first-order valence-electron chi connectivity index (χ1n) is 9.90. The minimum Gasteiger partial charge on any atom is -0.493 e. The highest BCUT2D eigenvalue weighted by molar-refractivity contribution is 6.32. The van der Waals surface area contributed by atoms with Gasteiger partial charge in [0.15, 0.2) is 11.5 Å². The Kier molecular flexibility index (Phi) is 9.84. The second-order valence-corrected chi connectivity index (χ2v) is 7.07. The second kappa shape index (κ2) is 12.6. The molecule has 0 aromatic heterocycles. The van der Waals surface area contributed by atoms with Crippen LogP contribution in [0, 0.1) is 5.82 Å². The van der Waals surface area contributed by atoms with Crippen molar-refractivity contribution in [2.75, 3.05) is 26.8 Å². The Hall–Kier alpha value is -3.06. The summed E-state index contributed by atoms with van der Waals surface area (Å²) in [4.78, 5) is 23.9. The van der Waals surface area contributed by atoms with Crippen molar-refractivity contribution in [2.45, 2.75) is 19.8 Å². The maximum absolute atomic E-state index is 13.1. The predicted octanol–water partition coefficient (Wildman–Crippen LogP) is 3.76. The van der Waals surface area contributed by atoms with E-state index in [2.05, 4.69) is 10.6 Å². The zero-order valence-corrected chi connectivity index (χ0v) is 18.3. The highest BCUT2D eigenvalue weighted by Crippen LogP contribution is 2.36. The van der Waals surface area contributed by atoms with Gasteiger partial charge >= 0.3 is 0 Å². The normalized spacial score (nSPS) is 10.7. The lowest BCUT2D eigenvalue weighted by molar-refractivity contribution is -0.121. The molecule has 0 radical (unpaired) electrons. The minimum atomic E-state index is -0.383. The van der Waals surface area contributed by atoms with Crippen molar-refractivity contribution in [1.82, 2.24) is 10.6 Å². The number of nitrogens with one attached hydrogen (secondary N) is 2. The first-order valence-corrected chi connectivity index (χ1v) is 10.3. The maximum Gasteiger partial charge on any atom is 0.244 e. The Morgan fingerprint density at radius 3 is 2.65 bits per heavy atom. The van der Waals surface area contributed by atoms with Crippen molar-refractivity contribution in [1.29, 1.82) is 0 Å². The summed E-state index contributed by atoms with van der Waals surface area (Å²) in [7, 11) is 1.52. The standard InChI is InChI=1S/C23H26ClFN2O4/c1-3-11-31-23-19(24)13-17(14-20(23)30-2)7-8-21(28)26-9-10-27-22(29)15-16-5-4-6-18(25)12-16/h4-8,12-14H,3,9-11,15H2,1-2H3,(H,26,28)(H,27,29)/b8-7+. The SMILES string of the molecule is CCCOc1c(Cl)cc(/C=C/C(=O)NCCNC(=O)Cc2cccc(F)c2)cc1OC. The molecule has 0 aliphatic carbocycles. The third kappa shape index (κ3) is 8.30. The maximum atomic E-state index is 13.1. The first-order chi connectivity index (χ1) is 14.9. The van der Waals surface area contributed by atoms with Crippen LogP contribution in [0.1, 0.15) is 24.5 Å². The molecule has 0 bridgehead atoms. The highest BCUT2D eigenvalue weighted by atomic mass is 35.5. The molecular weight excluding hydrogens is 423 g/mol. The lowest BCUT2D eigenvalue weighted by atomic mass is 10.1. The Morgan fingerprint density at radius 2 is 1.94 bits per heavy atom. The van der Waals surface area contributed by atoms with Crippen LogP contribution in [0.4, 0.5) is 4.39 Å². The average Bonchev–Trinajstić information content (AvgIpc) is 2.74. The van der Waals surface area contributed by atoms with Crippen molar-refractivity contribution in [3.05, 3.63) is 64.4 Å². The molecule has 0 fully saturated rings. The molecule has 0 spiro atoms. The highest BCUT2D eigenvalue weighted by Gasteiger charge is 2.11. The van der Waals surface area contributed by atoms with Crippen LogP contribution in [-0.4, -0.2) is 38.6 Å². The summed E-state index contributed by atoms with van der Waals surface area (Å²) < 4.78 is 24.1. The van der Waals surface area contributed by atoms with Crippen molar-refractivity contribution in [3.63, 3.8) is 0 Å². The number of rotatable bonds is 11. The molecule has 2 rings (SSSR count). The number of carbonyl (C=O) groups is 2. The van der Waals surface area contributed by atoms with Crippen LogP contribution in [0.15, 0.2) is 42.5 Å². The van der Waals surface area contributed by atoms with E-state index in [0.717, 1.165) is 6.42 Å². The molecule has 2 N–H and O–H groups in total. The van der Waals surface area contributed by atoms with E-state index in [-0.39, 0.29) is 37.1 Å². The third-order valence-corrected chi connectivity index (χ3v) is 4.41. The summed E-state index contributed by atoms with van der Waals surface area (Å²) in [6.07, 6.45) is 3.89. The molecule has 0 aliphatic heterocycles. The summed E-state index contributed by atoms with van der Waals surface area (Å²) in [5.74, 6) is 0.0123. The summed E-state index contributed by atoms with van der Waals surface area (Å²) in [5, 5.41) is 5.75. The van der Waals surface area contributed by atoms with Crippen LogP contribution in [-0.2, 0) is 16.0 Å². The smallest absolute Gasteiger partial charge is 0.244 e. The number of ether oxygens (including phenoxy) is 2. The van der Waals surface area contributed by atoms with E-state index in [1.807, 2.05) is 6.92 Å². The van der Waals surface area contributed by atoms with Gasteiger partial charge < -0.3 is 20.1 Å². The molecule has 0 saturated carbocycles. The molecule has 166 valence electrons. The quantitative estimate of drug-likeness (QED) is 0.405. The van der Waals surface area contributed by atoms with Gasteiger partial charge in [0.1, 0.15) is 5.82 Å². The number of hydrogen-bond donors (Lipinski definition) is 2. The fourth-order valence-corrected chi connectivity index (χ4v) is 2.97. The number of methoxy groups -OCH3 is 1. The van der Waals surface area contributed by atoms with Gasteiger partial charge in [0, 0.05) is 19.2 Å². The van der Waals surface area contributed by atoms with Gasteiger partial charge in [0.2, 0.25) is 11.8 Å². The molecule has 2 aromatic rings. The number of benzene rings is 2. The predicted molar refractivity (Wildman–Crippen MR) is 119 cm³/mol. The van der Waals surface area contributed by atoms with Crippen molar-refractivity contribution >= 4 is 29.5 Å². The van der Waals surface area contributed by atoms with E-state index in [4.69, 9.17) is 21.1 Å². The van der Waals surface area contributed by atoms with Gasteiger partial charge in [-0.1, -0.05) is 30.7 Å². The molecule has 0 atom stereocenters. The molecule has 0 aliphatic rings. The summed E-state index contributed by atoms with van der Waals surface area (Å²) in [6, 6.07) is 9.29. The van der Waals surface area contributed by atoms with Crippen LogP contribution in [0.2, 0.25) is 5.02 Å². The van der Waals surface area contributed by atoms with Gasteiger partial charge in [-0.05, 0) is 47.9 Å². The van der Waals surface area contributed by atoms with E-state index < -0.39 is 0 Å². The fourth-order valence-electron chi connectivity index (χ4n) is 2.69. The topological polar surface area (TPSA) is 76.7 Å². The summed E-state index contributed by atoms with van der Waals surface area (Å²) in [5.41, 5.74) is 1.27. The Balaban J connectivity index is 1.79. The summed E-state index contributed by atoms with van der Waals surface area (Å²) in [6.45, 7) is 3.03. The van der Waals surface area contributed by atoms with E-state index in [1.54, 1.807) is 30.3 Å². The van der Waals surface area contributed by atoms with Crippen LogP contribution >= 0.6 is 11.6 Å². The average molecular weight is 449 g/mol. The largest absolute Gasteiger partial charge is 0.493 e. The van der Waals surface area contributed by atoms with Crippen molar-refractivity contribution < 1.29 is 23.5 Å². The molecule has 0 heterocycles. The Bertz CT molecular complexity index is 934. The zero-order valence-electron chi connectivity index (χ0n) is 17.5. The molecule has 6 nitrogen and oxygen atoms in total. The van der Waals surface area contributed by atoms with Crippen LogP contribution in [0.25, 0.3) is 6.08 Å². The third-order valence-electron chi connectivity index (χ3n) is 4.13. The number of carbonyl (C=O) groups excluding carboxylic acids is 2. The van der Waals surface area contributed by atoms with Crippen LogP contribution in [0.5, 0.6) is 11.5 Å². The monoisotopic (exact) mass is 448 g/mol. The lowest BCUT2D eigenvalue weighted by Gasteiger charge is -2.12. The molecule has 2 amide bonds. The summed E-state index contributed by atoms with van der Waals surface area (Å²) >= 11 is 6.26. The molecule has 0 saturated heterocycles. The molecule has 2 aromatic carbocycles. The Morgan fingerprint density at radius 1 is 1.16 bits per heavy atom. The van der Waals surface area contributed by atoms with Gasteiger partial charge in [-0.3, -0.25) is 9.59 Å². The van der Waals surface area contributed by atoms with E-state index in [9.17, 15) is 14.0 Å². The van der Waals surface area contributed by atoms with E-state index in [0.29, 0.717) is 34.3 Å². The van der Waals surface area contributed by atoms with Gasteiger partial charge in [-0.25, -0.2) is 4.39 Å². The van der Waals surface area contributed by atoms with E-state index >= 15 is 0 Å². The van der Waals surface area contributed by atoms with E-state index in [1.165, 1.54) is 25.3 Å². The second-order valence-electron chi connectivity index (χ2n) is 6.66. The zero-order chi connectivity index (χ0) is 22.6. The van der Waals surface area contributed by atoms with Crippen LogP contribution in [0.3, 0.4) is 0 Å². The lowest BCUT2D eigenvalue weighted by Crippen LogP contribution is -2.34. The first kappa shape index (κ1) is 24.2. The fraction of sp³-hybridized carbons (Fsp3) is 0.304. The van der Waals surface area contributed by atoms with Gasteiger partial charge in [-0.2, -0.15) is 0 Å². The van der Waals surface area contributed by atoms with Gasteiger partial charge in [0.05, 0.1) is 25.2 Å². The molecule has 0 unspecified atom stereocenters. The van der Waals surface area contributed by atoms with Crippen molar-refractivity contribution in [2.24, 2.45) is 0 Å². The number of halogens is 2. The molecule has 8 heteroatoms. The Labute approximate surface area is 186 Å². The molecule has 31 heavy (non-hydrogen) atoms. The van der Waals surface area contributed by atoms with Gasteiger partial charge in [0.25, 0.3) is 0 Å². The van der Waals surface area contributed by atoms with Gasteiger partial charge in [-0.15, -0.1) is 0 Å².